The van der Waals surface area contributed by atoms with Crippen LogP contribution in [0.5, 0.6) is 0 Å². The minimum atomic E-state index is -0.239. The van der Waals surface area contributed by atoms with Gasteiger partial charge in [-0.2, -0.15) is 5.10 Å². The molecule has 0 radical (unpaired) electrons. The van der Waals surface area contributed by atoms with Gasteiger partial charge in [-0.3, -0.25) is 0 Å². The van der Waals surface area contributed by atoms with Gasteiger partial charge in [-0.05, 0) is 23.8 Å². The molecule has 0 amide bonds. The molecule has 0 aliphatic rings. The maximum absolute atomic E-state index is 12.8. The summed E-state index contributed by atoms with van der Waals surface area (Å²) in [6.07, 6.45) is 5.17. The van der Waals surface area contributed by atoms with E-state index in [2.05, 4.69) is 10.1 Å². The molecule has 0 spiro atoms. The van der Waals surface area contributed by atoms with Crippen molar-refractivity contribution < 1.29 is 4.39 Å². The van der Waals surface area contributed by atoms with Gasteiger partial charge >= 0.3 is 0 Å². The lowest BCUT2D eigenvalue weighted by molar-refractivity contribution is 0.628. The molecule has 4 heteroatoms. The Balaban J connectivity index is 2.25. The highest BCUT2D eigenvalue weighted by Gasteiger charge is 2.05. The van der Waals surface area contributed by atoms with Gasteiger partial charge in [0.2, 0.25) is 0 Å². The molecule has 0 saturated carbocycles. The van der Waals surface area contributed by atoms with Crippen LogP contribution in [-0.2, 0) is 0 Å². The van der Waals surface area contributed by atoms with Gasteiger partial charge < -0.3 is 0 Å². The zero-order valence-corrected chi connectivity index (χ0v) is 8.34. The standard InChI is InChI=1S/C12H8FN3/c13-10-3-1-9(2-4-10)11-5-6-15-16-8-7-14-12(11)16/h1-8H. The topological polar surface area (TPSA) is 30.2 Å². The third kappa shape index (κ3) is 1.35. The van der Waals surface area contributed by atoms with E-state index in [4.69, 9.17) is 0 Å². The molecule has 2 heterocycles. The first-order valence-corrected chi connectivity index (χ1v) is 4.89. The molecule has 3 rings (SSSR count). The number of aromatic nitrogens is 3. The smallest absolute Gasteiger partial charge is 0.161 e. The summed E-state index contributed by atoms with van der Waals surface area (Å²) in [5.41, 5.74) is 2.65. The highest BCUT2D eigenvalue weighted by Crippen LogP contribution is 2.22. The normalized spacial score (nSPS) is 10.8. The Labute approximate surface area is 91.2 Å². The zero-order valence-electron chi connectivity index (χ0n) is 8.34. The molecule has 0 unspecified atom stereocenters. The highest BCUT2D eigenvalue weighted by molar-refractivity contribution is 5.76. The quantitative estimate of drug-likeness (QED) is 0.621. The zero-order chi connectivity index (χ0) is 11.0. The lowest BCUT2D eigenvalue weighted by atomic mass is 10.1. The third-order valence-electron chi connectivity index (χ3n) is 2.45. The Morgan fingerprint density at radius 1 is 1.00 bits per heavy atom. The fourth-order valence-electron chi connectivity index (χ4n) is 1.69. The predicted octanol–water partition coefficient (Wildman–Crippen LogP) is 2.54. The lowest BCUT2D eigenvalue weighted by Gasteiger charge is -2.02. The summed E-state index contributed by atoms with van der Waals surface area (Å²) in [7, 11) is 0. The number of fused-ring (bicyclic) bond motifs is 1. The van der Waals surface area contributed by atoms with Gasteiger partial charge in [0, 0.05) is 24.2 Å². The maximum atomic E-state index is 12.8. The number of hydrogen-bond acceptors (Lipinski definition) is 2. The third-order valence-corrected chi connectivity index (χ3v) is 2.45. The molecule has 0 aliphatic heterocycles. The summed E-state index contributed by atoms with van der Waals surface area (Å²) in [6, 6.07) is 8.22. The number of rotatable bonds is 1. The van der Waals surface area contributed by atoms with Gasteiger partial charge in [-0.1, -0.05) is 12.1 Å². The van der Waals surface area contributed by atoms with Crippen molar-refractivity contribution in [3.63, 3.8) is 0 Å². The van der Waals surface area contributed by atoms with E-state index >= 15 is 0 Å². The summed E-state index contributed by atoms with van der Waals surface area (Å²) in [4.78, 5) is 4.22. The second kappa shape index (κ2) is 3.41. The Morgan fingerprint density at radius 2 is 1.81 bits per heavy atom. The average Bonchev–Trinajstić information content (AvgIpc) is 2.78. The first-order chi connectivity index (χ1) is 7.84. The molecule has 3 aromatic rings. The van der Waals surface area contributed by atoms with Crippen LogP contribution in [0.1, 0.15) is 0 Å². The minimum absolute atomic E-state index is 0.239. The monoisotopic (exact) mass is 213 g/mol. The van der Waals surface area contributed by atoms with Crippen LogP contribution < -0.4 is 0 Å². The minimum Gasteiger partial charge on any atom is -0.235 e. The van der Waals surface area contributed by atoms with E-state index in [0.717, 1.165) is 16.8 Å². The highest BCUT2D eigenvalue weighted by atomic mass is 19.1. The molecule has 0 fully saturated rings. The average molecular weight is 213 g/mol. The number of halogens is 1. The van der Waals surface area contributed by atoms with Crippen LogP contribution in [0.3, 0.4) is 0 Å². The van der Waals surface area contributed by atoms with Crippen LogP contribution in [0.15, 0.2) is 48.9 Å². The van der Waals surface area contributed by atoms with E-state index < -0.39 is 0 Å². The maximum Gasteiger partial charge on any atom is 0.161 e. The van der Waals surface area contributed by atoms with E-state index in [9.17, 15) is 4.39 Å². The molecular formula is C12H8FN3. The van der Waals surface area contributed by atoms with Crippen LogP contribution in [0, 0.1) is 5.82 Å². The molecule has 0 atom stereocenters. The van der Waals surface area contributed by atoms with Crippen molar-refractivity contribution in [2.75, 3.05) is 0 Å². The van der Waals surface area contributed by atoms with Gasteiger partial charge in [0.1, 0.15) is 5.82 Å². The summed E-state index contributed by atoms with van der Waals surface area (Å²) in [6.45, 7) is 0. The van der Waals surface area contributed by atoms with Gasteiger partial charge in [0.15, 0.2) is 5.65 Å². The van der Waals surface area contributed by atoms with Crippen molar-refractivity contribution in [3.05, 3.63) is 54.7 Å². The first kappa shape index (κ1) is 9.03. The van der Waals surface area contributed by atoms with Crippen LogP contribution in [-0.4, -0.2) is 14.6 Å². The summed E-state index contributed by atoms with van der Waals surface area (Å²) in [5, 5.41) is 4.13. The molecule has 1 aromatic carbocycles. The van der Waals surface area contributed by atoms with E-state index in [1.54, 1.807) is 35.2 Å². The predicted molar refractivity (Wildman–Crippen MR) is 58.4 cm³/mol. The van der Waals surface area contributed by atoms with Gasteiger partial charge in [0.25, 0.3) is 0 Å². The van der Waals surface area contributed by atoms with Crippen molar-refractivity contribution in [3.8, 4) is 11.1 Å². The number of nitrogens with zero attached hydrogens (tertiary/aromatic N) is 3. The van der Waals surface area contributed by atoms with Crippen molar-refractivity contribution in [2.24, 2.45) is 0 Å². The Hall–Kier alpha value is -2.23. The van der Waals surface area contributed by atoms with Crippen LogP contribution in [0.25, 0.3) is 16.8 Å². The molecule has 0 saturated heterocycles. The molecule has 3 nitrogen and oxygen atoms in total. The van der Waals surface area contributed by atoms with E-state index in [1.807, 2.05) is 6.07 Å². The summed E-state index contributed by atoms with van der Waals surface area (Å²) in [5.74, 6) is -0.239. The molecular weight excluding hydrogens is 205 g/mol. The van der Waals surface area contributed by atoms with E-state index in [-0.39, 0.29) is 5.82 Å². The van der Waals surface area contributed by atoms with Gasteiger partial charge in [-0.15, -0.1) is 0 Å². The van der Waals surface area contributed by atoms with Crippen molar-refractivity contribution in [2.45, 2.75) is 0 Å². The van der Waals surface area contributed by atoms with Crippen LogP contribution in [0.4, 0.5) is 4.39 Å². The van der Waals surface area contributed by atoms with Crippen LogP contribution in [0.2, 0.25) is 0 Å². The molecule has 0 N–H and O–H groups in total. The Kier molecular flexibility index (Phi) is 1.93. The Morgan fingerprint density at radius 3 is 2.62 bits per heavy atom. The van der Waals surface area contributed by atoms with Gasteiger partial charge in [-0.25, -0.2) is 13.9 Å². The second-order valence-electron chi connectivity index (χ2n) is 3.45. The fraction of sp³-hybridized carbons (Fsp3) is 0. The molecule has 0 bridgehead atoms. The number of imidazole rings is 1. The molecule has 2 aromatic heterocycles. The SMILES string of the molecule is Fc1ccc(-c2ccnn3ccnc23)cc1. The summed E-state index contributed by atoms with van der Waals surface area (Å²) >= 11 is 0. The molecule has 16 heavy (non-hydrogen) atoms. The number of benzene rings is 1. The summed E-state index contributed by atoms with van der Waals surface area (Å²) < 4.78 is 14.5. The van der Waals surface area contributed by atoms with E-state index in [1.165, 1.54) is 12.1 Å². The van der Waals surface area contributed by atoms with Crippen LogP contribution >= 0.6 is 0 Å². The largest absolute Gasteiger partial charge is 0.235 e. The van der Waals surface area contributed by atoms with Gasteiger partial charge in [0.05, 0.1) is 0 Å². The van der Waals surface area contributed by atoms with Crippen molar-refractivity contribution >= 4 is 5.65 Å². The Bertz CT molecular complexity index is 628. The first-order valence-electron chi connectivity index (χ1n) is 4.89. The molecule has 0 aliphatic carbocycles. The van der Waals surface area contributed by atoms with E-state index in [0.29, 0.717) is 0 Å². The second-order valence-corrected chi connectivity index (χ2v) is 3.45. The molecule has 78 valence electrons. The van der Waals surface area contributed by atoms with Crippen molar-refractivity contribution in [1.29, 1.82) is 0 Å². The lowest BCUT2D eigenvalue weighted by Crippen LogP contribution is -1.91. The fourth-order valence-corrected chi connectivity index (χ4v) is 1.69. The number of hydrogen-bond donors (Lipinski definition) is 0. The van der Waals surface area contributed by atoms with Crippen molar-refractivity contribution in [1.82, 2.24) is 14.6 Å².